The second kappa shape index (κ2) is 7.02. The Kier molecular flexibility index (Phi) is 5.28. The molecule has 0 bridgehead atoms. The SMILES string of the molecule is COc1ccc(Cl)cc1CC(=O)Nc1cccc(S(C)(=O)=O)c1. The molecule has 2 rings (SSSR count). The lowest BCUT2D eigenvalue weighted by Gasteiger charge is -2.10. The number of sulfone groups is 1. The molecule has 0 aromatic heterocycles. The molecule has 2 aromatic carbocycles. The van der Waals surface area contributed by atoms with Gasteiger partial charge in [-0.3, -0.25) is 4.79 Å². The van der Waals surface area contributed by atoms with Gasteiger partial charge >= 0.3 is 0 Å². The fourth-order valence-electron chi connectivity index (χ4n) is 2.07. The van der Waals surface area contributed by atoms with Gasteiger partial charge < -0.3 is 10.1 Å². The first kappa shape index (κ1) is 17.3. The van der Waals surface area contributed by atoms with Gasteiger partial charge in [0.2, 0.25) is 5.91 Å². The summed E-state index contributed by atoms with van der Waals surface area (Å²) in [5.74, 6) is 0.269. The maximum atomic E-state index is 12.2. The van der Waals surface area contributed by atoms with Crippen LogP contribution in [0.5, 0.6) is 5.75 Å². The van der Waals surface area contributed by atoms with Crippen molar-refractivity contribution < 1.29 is 17.9 Å². The number of nitrogens with one attached hydrogen (secondary N) is 1. The van der Waals surface area contributed by atoms with Crippen molar-refractivity contribution in [3.63, 3.8) is 0 Å². The fraction of sp³-hybridized carbons (Fsp3) is 0.188. The van der Waals surface area contributed by atoms with Crippen LogP contribution in [0.4, 0.5) is 5.69 Å². The zero-order valence-electron chi connectivity index (χ0n) is 12.7. The van der Waals surface area contributed by atoms with E-state index in [1.165, 1.54) is 19.2 Å². The van der Waals surface area contributed by atoms with Crippen LogP contribution >= 0.6 is 11.6 Å². The number of carbonyl (C=O) groups excluding carboxylic acids is 1. The average Bonchev–Trinajstić information content (AvgIpc) is 2.46. The minimum Gasteiger partial charge on any atom is -0.496 e. The van der Waals surface area contributed by atoms with E-state index in [0.29, 0.717) is 22.0 Å². The van der Waals surface area contributed by atoms with Crippen LogP contribution in [0.3, 0.4) is 0 Å². The normalized spacial score (nSPS) is 11.1. The van der Waals surface area contributed by atoms with E-state index in [1.807, 2.05) is 0 Å². The molecule has 23 heavy (non-hydrogen) atoms. The minimum atomic E-state index is -3.33. The third kappa shape index (κ3) is 4.71. The predicted octanol–water partition coefficient (Wildman–Crippen LogP) is 2.93. The van der Waals surface area contributed by atoms with Crippen LogP contribution < -0.4 is 10.1 Å². The smallest absolute Gasteiger partial charge is 0.228 e. The summed E-state index contributed by atoms with van der Waals surface area (Å²) in [5, 5.41) is 3.18. The Hall–Kier alpha value is -2.05. The summed E-state index contributed by atoms with van der Waals surface area (Å²) in [5.41, 5.74) is 1.07. The van der Waals surface area contributed by atoms with E-state index in [1.54, 1.807) is 30.3 Å². The number of hydrogen-bond acceptors (Lipinski definition) is 4. The van der Waals surface area contributed by atoms with Gasteiger partial charge in [0.25, 0.3) is 0 Å². The van der Waals surface area contributed by atoms with E-state index < -0.39 is 9.84 Å². The molecule has 0 aliphatic heterocycles. The third-order valence-electron chi connectivity index (χ3n) is 3.14. The van der Waals surface area contributed by atoms with E-state index in [0.717, 1.165) is 6.26 Å². The molecule has 1 amide bonds. The molecule has 122 valence electrons. The molecular formula is C16H16ClNO4S. The number of benzene rings is 2. The second-order valence-corrected chi connectivity index (χ2v) is 7.43. The van der Waals surface area contributed by atoms with Crippen LogP contribution in [0.1, 0.15) is 5.56 Å². The van der Waals surface area contributed by atoms with Gasteiger partial charge in [-0.25, -0.2) is 8.42 Å². The van der Waals surface area contributed by atoms with Crippen LogP contribution in [-0.4, -0.2) is 27.7 Å². The molecule has 0 aliphatic rings. The van der Waals surface area contributed by atoms with E-state index in [9.17, 15) is 13.2 Å². The van der Waals surface area contributed by atoms with Crippen molar-refractivity contribution in [2.24, 2.45) is 0 Å². The number of halogens is 1. The Bertz CT molecular complexity index is 834. The largest absolute Gasteiger partial charge is 0.496 e. The van der Waals surface area contributed by atoms with Crippen LogP contribution in [0.25, 0.3) is 0 Å². The van der Waals surface area contributed by atoms with Crippen molar-refractivity contribution in [1.82, 2.24) is 0 Å². The Morgan fingerprint density at radius 2 is 1.96 bits per heavy atom. The van der Waals surface area contributed by atoms with Crippen molar-refractivity contribution in [2.75, 3.05) is 18.7 Å². The summed E-state index contributed by atoms with van der Waals surface area (Å²) in [6.45, 7) is 0. The van der Waals surface area contributed by atoms with Crippen molar-refractivity contribution in [2.45, 2.75) is 11.3 Å². The first-order valence-corrected chi connectivity index (χ1v) is 8.99. The Morgan fingerprint density at radius 1 is 1.22 bits per heavy atom. The predicted molar refractivity (Wildman–Crippen MR) is 89.9 cm³/mol. The molecule has 5 nitrogen and oxygen atoms in total. The Morgan fingerprint density at radius 3 is 2.61 bits per heavy atom. The molecule has 0 aliphatic carbocycles. The lowest BCUT2D eigenvalue weighted by molar-refractivity contribution is -0.115. The Labute approximate surface area is 140 Å². The molecule has 0 fully saturated rings. The topological polar surface area (TPSA) is 72.5 Å². The van der Waals surface area contributed by atoms with E-state index in [-0.39, 0.29) is 17.2 Å². The number of methoxy groups -OCH3 is 1. The summed E-state index contributed by atoms with van der Waals surface area (Å²) in [6.07, 6.45) is 1.18. The molecule has 0 saturated heterocycles. The summed E-state index contributed by atoms with van der Waals surface area (Å²) < 4.78 is 28.3. The summed E-state index contributed by atoms with van der Waals surface area (Å²) in [4.78, 5) is 12.3. The summed E-state index contributed by atoms with van der Waals surface area (Å²) in [6, 6.07) is 11.1. The quantitative estimate of drug-likeness (QED) is 0.897. The molecule has 0 saturated carbocycles. The number of anilines is 1. The van der Waals surface area contributed by atoms with E-state index in [4.69, 9.17) is 16.3 Å². The third-order valence-corrected chi connectivity index (χ3v) is 4.48. The van der Waals surface area contributed by atoms with Crippen LogP contribution in [-0.2, 0) is 21.1 Å². The standard InChI is InChI=1S/C16H16ClNO4S/c1-22-15-7-6-12(17)8-11(15)9-16(19)18-13-4-3-5-14(10-13)23(2,20)21/h3-8,10H,9H2,1-2H3,(H,18,19). The van der Waals surface area contributed by atoms with Gasteiger partial charge in [0, 0.05) is 22.5 Å². The fourth-order valence-corrected chi connectivity index (χ4v) is 2.93. The molecule has 0 unspecified atom stereocenters. The van der Waals surface area contributed by atoms with Crippen molar-refractivity contribution >= 4 is 33.0 Å². The lowest BCUT2D eigenvalue weighted by atomic mass is 10.1. The van der Waals surface area contributed by atoms with Gasteiger partial charge in [0.1, 0.15) is 5.75 Å². The molecule has 2 aromatic rings. The van der Waals surface area contributed by atoms with Crippen LogP contribution in [0.15, 0.2) is 47.4 Å². The molecule has 7 heteroatoms. The lowest BCUT2D eigenvalue weighted by Crippen LogP contribution is -2.15. The summed E-state index contributed by atoms with van der Waals surface area (Å²) >= 11 is 5.93. The van der Waals surface area contributed by atoms with E-state index in [2.05, 4.69) is 5.32 Å². The zero-order chi connectivity index (χ0) is 17.0. The van der Waals surface area contributed by atoms with Gasteiger partial charge in [-0.2, -0.15) is 0 Å². The van der Waals surface area contributed by atoms with Crippen molar-refractivity contribution in [1.29, 1.82) is 0 Å². The molecule has 0 spiro atoms. The molecule has 0 radical (unpaired) electrons. The minimum absolute atomic E-state index is 0.0623. The highest BCUT2D eigenvalue weighted by Gasteiger charge is 2.12. The molecule has 0 heterocycles. The zero-order valence-corrected chi connectivity index (χ0v) is 14.2. The number of carbonyl (C=O) groups is 1. The first-order valence-electron chi connectivity index (χ1n) is 6.72. The highest BCUT2D eigenvalue weighted by Crippen LogP contribution is 2.23. The van der Waals surface area contributed by atoms with Crippen LogP contribution in [0, 0.1) is 0 Å². The Balaban J connectivity index is 2.16. The first-order chi connectivity index (χ1) is 10.8. The van der Waals surface area contributed by atoms with Gasteiger partial charge in [-0.15, -0.1) is 0 Å². The number of hydrogen-bond donors (Lipinski definition) is 1. The highest BCUT2D eigenvalue weighted by molar-refractivity contribution is 7.90. The monoisotopic (exact) mass is 353 g/mol. The maximum Gasteiger partial charge on any atom is 0.228 e. The second-order valence-electron chi connectivity index (χ2n) is 4.98. The van der Waals surface area contributed by atoms with Gasteiger partial charge in [-0.1, -0.05) is 17.7 Å². The number of rotatable bonds is 5. The summed E-state index contributed by atoms with van der Waals surface area (Å²) in [7, 11) is -1.81. The van der Waals surface area contributed by atoms with E-state index >= 15 is 0 Å². The van der Waals surface area contributed by atoms with Gasteiger partial charge in [0.15, 0.2) is 9.84 Å². The maximum absolute atomic E-state index is 12.2. The highest BCUT2D eigenvalue weighted by atomic mass is 35.5. The van der Waals surface area contributed by atoms with Crippen LogP contribution in [0.2, 0.25) is 5.02 Å². The van der Waals surface area contributed by atoms with Gasteiger partial charge in [-0.05, 0) is 36.4 Å². The number of ether oxygens (including phenoxy) is 1. The molecule has 1 N–H and O–H groups in total. The van der Waals surface area contributed by atoms with Crippen molar-refractivity contribution in [3.8, 4) is 5.75 Å². The molecular weight excluding hydrogens is 338 g/mol. The average molecular weight is 354 g/mol. The van der Waals surface area contributed by atoms with Gasteiger partial charge in [0.05, 0.1) is 18.4 Å². The number of amides is 1. The van der Waals surface area contributed by atoms with Crippen molar-refractivity contribution in [3.05, 3.63) is 53.1 Å². The molecule has 0 atom stereocenters.